The lowest BCUT2D eigenvalue weighted by Gasteiger charge is -2.31. The van der Waals surface area contributed by atoms with Gasteiger partial charge in [-0.15, -0.1) is 0 Å². The molecule has 0 aromatic heterocycles. The Morgan fingerprint density at radius 1 is 1.30 bits per heavy atom. The van der Waals surface area contributed by atoms with E-state index >= 15 is 0 Å². The lowest BCUT2D eigenvalue weighted by Crippen LogP contribution is -2.39. The lowest BCUT2D eigenvalue weighted by atomic mass is 9.94. The third-order valence-electron chi connectivity index (χ3n) is 4.55. The maximum Gasteiger partial charge on any atom is 0.371 e. The van der Waals surface area contributed by atoms with Crippen LogP contribution in [0.1, 0.15) is 65.2 Å². The van der Waals surface area contributed by atoms with Crippen LogP contribution in [-0.2, 0) is 19.1 Å². The van der Waals surface area contributed by atoms with Gasteiger partial charge >= 0.3 is 5.97 Å². The van der Waals surface area contributed by atoms with Gasteiger partial charge in [-0.3, -0.25) is 9.57 Å². The molecule has 114 valence electrons. The summed E-state index contributed by atoms with van der Waals surface area (Å²) in [6, 6.07) is 0.170. The van der Waals surface area contributed by atoms with Crippen LogP contribution in [-0.4, -0.2) is 23.6 Å². The zero-order valence-corrected chi connectivity index (χ0v) is 12.4. The van der Waals surface area contributed by atoms with Crippen LogP contribution in [0.3, 0.4) is 0 Å². The molecule has 0 radical (unpaired) electrons. The molecule has 2 spiro atoms. The molecule has 3 aliphatic rings. The lowest BCUT2D eigenvalue weighted by molar-refractivity contribution is -0.270. The summed E-state index contributed by atoms with van der Waals surface area (Å²) in [5.41, 5.74) is 2.97. The SMILES string of the molecule is CC(C)CCC1CC2(ON1)OC1(CCCCC1)OC2=O. The predicted octanol–water partition coefficient (Wildman–Crippen LogP) is 2.65. The van der Waals surface area contributed by atoms with Crippen molar-refractivity contribution >= 4 is 5.97 Å². The fraction of sp³-hybridized carbons (Fsp3) is 0.933. The van der Waals surface area contributed by atoms with E-state index in [9.17, 15) is 4.79 Å². The summed E-state index contributed by atoms with van der Waals surface area (Å²) < 4.78 is 11.6. The Labute approximate surface area is 120 Å². The summed E-state index contributed by atoms with van der Waals surface area (Å²) >= 11 is 0. The molecule has 3 fully saturated rings. The summed E-state index contributed by atoms with van der Waals surface area (Å²) in [6.07, 6.45) is 7.52. The first kappa shape index (κ1) is 14.3. The molecule has 2 unspecified atom stereocenters. The first-order chi connectivity index (χ1) is 9.54. The van der Waals surface area contributed by atoms with Gasteiger partial charge in [-0.25, -0.2) is 4.79 Å². The van der Waals surface area contributed by atoms with Gasteiger partial charge in [0.25, 0.3) is 5.79 Å². The molecule has 0 amide bonds. The molecule has 2 atom stereocenters. The van der Waals surface area contributed by atoms with Gasteiger partial charge in [-0.05, 0) is 31.6 Å². The van der Waals surface area contributed by atoms with Crippen molar-refractivity contribution in [1.29, 1.82) is 0 Å². The summed E-state index contributed by atoms with van der Waals surface area (Å²) in [6.45, 7) is 4.39. The molecular formula is C15H25NO4. The van der Waals surface area contributed by atoms with Crippen molar-refractivity contribution in [3.63, 3.8) is 0 Å². The second kappa shape index (κ2) is 5.28. The number of hydrogen-bond acceptors (Lipinski definition) is 5. The largest absolute Gasteiger partial charge is 0.429 e. The van der Waals surface area contributed by atoms with Crippen molar-refractivity contribution in [2.24, 2.45) is 5.92 Å². The number of nitrogens with one attached hydrogen (secondary N) is 1. The minimum absolute atomic E-state index is 0.170. The number of carbonyl (C=O) groups is 1. The Balaban J connectivity index is 1.63. The third-order valence-corrected chi connectivity index (χ3v) is 4.55. The summed E-state index contributed by atoms with van der Waals surface area (Å²) in [4.78, 5) is 17.8. The van der Waals surface area contributed by atoms with Gasteiger partial charge in [0.2, 0.25) is 5.79 Å². The highest BCUT2D eigenvalue weighted by molar-refractivity contribution is 5.80. The molecule has 5 nitrogen and oxygen atoms in total. The van der Waals surface area contributed by atoms with E-state index in [0.717, 1.165) is 38.5 Å². The fourth-order valence-corrected chi connectivity index (χ4v) is 3.37. The van der Waals surface area contributed by atoms with E-state index in [1.54, 1.807) is 0 Å². The second-order valence-corrected chi connectivity index (χ2v) is 6.81. The van der Waals surface area contributed by atoms with E-state index < -0.39 is 11.6 Å². The summed E-state index contributed by atoms with van der Waals surface area (Å²) in [5.74, 6) is -1.61. The van der Waals surface area contributed by atoms with Crippen molar-refractivity contribution in [3.8, 4) is 0 Å². The molecule has 0 aromatic rings. The van der Waals surface area contributed by atoms with E-state index in [4.69, 9.17) is 14.3 Å². The van der Waals surface area contributed by atoms with Crippen LogP contribution < -0.4 is 5.48 Å². The maximum atomic E-state index is 12.2. The van der Waals surface area contributed by atoms with Crippen molar-refractivity contribution in [1.82, 2.24) is 5.48 Å². The van der Waals surface area contributed by atoms with Crippen molar-refractivity contribution in [3.05, 3.63) is 0 Å². The highest BCUT2D eigenvalue weighted by Gasteiger charge is 2.62. The smallest absolute Gasteiger partial charge is 0.371 e. The summed E-state index contributed by atoms with van der Waals surface area (Å²) in [7, 11) is 0. The zero-order chi connectivity index (χ0) is 14.2. The highest BCUT2D eigenvalue weighted by Crippen LogP contribution is 2.46. The van der Waals surface area contributed by atoms with E-state index in [0.29, 0.717) is 12.3 Å². The van der Waals surface area contributed by atoms with Crippen molar-refractivity contribution < 1.29 is 19.1 Å². The van der Waals surface area contributed by atoms with Gasteiger partial charge in [-0.2, -0.15) is 5.48 Å². The van der Waals surface area contributed by atoms with Crippen LogP contribution in [0.2, 0.25) is 0 Å². The molecule has 1 N–H and O–H groups in total. The Morgan fingerprint density at radius 3 is 2.75 bits per heavy atom. The number of hydrogen-bond donors (Lipinski definition) is 1. The molecule has 2 saturated heterocycles. The van der Waals surface area contributed by atoms with Crippen molar-refractivity contribution in [2.45, 2.75) is 82.8 Å². The van der Waals surface area contributed by atoms with Crippen LogP contribution in [0.4, 0.5) is 0 Å². The monoisotopic (exact) mass is 283 g/mol. The minimum atomic E-state index is -1.20. The Morgan fingerprint density at radius 2 is 2.05 bits per heavy atom. The van der Waals surface area contributed by atoms with Gasteiger partial charge in [-0.1, -0.05) is 20.3 Å². The van der Waals surface area contributed by atoms with Gasteiger partial charge < -0.3 is 4.74 Å². The number of rotatable bonds is 3. The number of esters is 1. The normalized spacial score (nSPS) is 36.1. The predicted molar refractivity (Wildman–Crippen MR) is 72.4 cm³/mol. The van der Waals surface area contributed by atoms with E-state index in [1.165, 1.54) is 6.42 Å². The molecule has 2 aliphatic heterocycles. The van der Waals surface area contributed by atoms with E-state index in [-0.39, 0.29) is 12.0 Å². The standard InChI is InChI=1S/C15H25NO4/c1-11(2)6-7-12-10-15(20-16-12)13(17)18-14(19-15)8-4-3-5-9-14/h11-12,16H,3-10H2,1-2H3. The average molecular weight is 283 g/mol. The highest BCUT2D eigenvalue weighted by atomic mass is 16.9. The molecule has 1 aliphatic carbocycles. The van der Waals surface area contributed by atoms with Crippen LogP contribution in [0.25, 0.3) is 0 Å². The molecular weight excluding hydrogens is 258 g/mol. The quantitative estimate of drug-likeness (QED) is 0.807. The van der Waals surface area contributed by atoms with Gasteiger partial charge in [0, 0.05) is 25.3 Å². The first-order valence-corrected chi connectivity index (χ1v) is 7.91. The Bertz CT molecular complexity index is 378. The van der Waals surface area contributed by atoms with Crippen LogP contribution in [0, 0.1) is 5.92 Å². The molecule has 20 heavy (non-hydrogen) atoms. The number of hydroxylamine groups is 1. The minimum Gasteiger partial charge on any atom is -0.429 e. The topological polar surface area (TPSA) is 56.8 Å². The maximum absolute atomic E-state index is 12.2. The number of carbonyl (C=O) groups excluding carboxylic acids is 1. The van der Waals surface area contributed by atoms with Crippen molar-refractivity contribution in [2.75, 3.05) is 0 Å². The zero-order valence-electron chi connectivity index (χ0n) is 12.4. The molecule has 1 saturated carbocycles. The molecule has 3 rings (SSSR count). The fourth-order valence-electron chi connectivity index (χ4n) is 3.37. The average Bonchev–Trinajstić information content (AvgIpc) is 2.92. The van der Waals surface area contributed by atoms with Gasteiger partial charge in [0.05, 0.1) is 0 Å². The molecule has 2 heterocycles. The van der Waals surface area contributed by atoms with Crippen LogP contribution in [0.15, 0.2) is 0 Å². The van der Waals surface area contributed by atoms with Gasteiger partial charge in [0.1, 0.15) is 0 Å². The third kappa shape index (κ3) is 2.59. The Kier molecular flexibility index (Phi) is 3.77. The second-order valence-electron chi connectivity index (χ2n) is 6.81. The Hall–Kier alpha value is -0.650. The summed E-state index contributed by atoms with van der Waals surface area (Å²) in [5, 5.41) is 0. The first-order valence-electron chi connectivity index (χ1n) is 7.91. The van der Waals surface area contributed by atoms with Crippen LogP contribution >= 0.6 is 0 Å². The molecule has 0 aromatic carbocycles. The number of ether oxygens (including phenoxy) is 2. The molecule has 0 bridgehead atoms. The molecule has 5 heteroatoms. The van der Waals surface area contributed by atoms with Gasteiger partial charge in [0.15, 0.2) is 0 Å². The van der Waals surface area contributed by atoms with Crippen LogP contribution in [0.5, 0.6) is 0 Å². The van der Waals surface area contributed by atoms with E-state index in [1.807, 2.05) is 0 Å². The van der Waals surface area contributed by atoms with E-state index in [2.05, 4.69) is 19.3 Å².